The van der Waals surface area contributed by atoms with Crippen LogP contribution in [0.5, 0.6) is 0 Å². The third-order valence-electron chi connectivity index (χ3n) is 0. The van der Waals surface area contributed by atoms with Gasteiger partial charge in [0.05, 0.1) is 0 Å². The number of hydrogen-bond donors (Lipinski definition) is 0. The zero-order valence-corrected chi connectivity index (χ0v) is 5.75. The van der Waals surface area contributed by atoms with Crippen LogP contribution in [0.3, 0.4) is 0 Å². The molecule has 0 N–H and O–H groups in total. The molecule has 0 aliphatic rings. The van der Waals surface area contributed by atoms with Gasteiger partial charge in [0.15, 0.2) is 0 Å². The molecule has 0 aliphatic heterocycles. The zero-order chi connectivity index (χ0) is 2.00. The van der Waals surface area contributed by atoms with E-state index in [2.05, 4.69) is 0 Å². The number of rotatable bonds is 0. The van der Waals surface area contributed by atoms with Gasteiger partial charge in [-0.2, -0.15) is 0 Å². The van der Waals surface area contributed by atoms with E-state index in [4.69, 9.17) is 3.47 Å². The molecule has 0 spiro atoms. The first-order valence-electron chi connectivity index (χ1n) is 0.129. The summed E-state index contributed by atoms with van der Waals surface area (Å²) in [6.45, 7) is 0. The first-order chi connectivity index (χ1) is 1.00. The summed E-state index contributed by atoms with van der Waals surface area (Å²) in [6, 6.07) is 0. The van der Waals surface area contributed by atoms with Crippen LogP contribution in [0.25, 0.3) is 0 Å². The monoisotopic (exact) mass is 334 g/mol. The van der Waals surface area contributed by atoms with Crippen molar-refractivity contribution in [3.8, 4) is 0 Å². The summed E-state index contributed by atoms with van der Waals surface area (Å²) in [5, 5.41) is 0. The maximum absolute atomic E-state index is 8.10. The van der Waals surface area contributed by atoms with Crippen molar-refractivity contribution >= 4 is 0 Å². The van der Waals surface area contributed by atoms with Crippen molar-refractivity contribution < 1.29 is 45.0 Å². The van der Waals surface area contributed by atoms with Crippen LogP contribution in [0.4, 0.5) is 0 Å². The number of hydrogen-bond acceptors (Lipinski definition) is 1. The summed E-state index contributed by atoms with van der Waals surface area (Å²) < 4.78 is 8.10. The van der Waals surface area contributed by atoms with E-state index < -0.39 is 0 Å². The van der Waals surface area contributed by atoms with Crippen LogP contribution in [-0.4, -0.2) is 0 Å². The molecule has 0 bridgehead atoms. The summed E-state index contributed by atoms with van der Waals surface area (Å²) in [5.41, 5.74) is 0. The fourth-order valence-corrected chi connectivity index (χ4v) is 0. The first-order valence-corrected chi connectivity index (χ1v) is 0.764. The molecule has 1 nitrogen and oxygen atoms in total. The normalized spacial score (nSPS) is 1.50. The molecule has 0 aromatic rings. The molecule has 0 saturated carbocycles. The van der Waals surface area contributed by atoms with Crippen molar-refractivity contribution in [1.82, 2.24) is 0 Å². The van der Waals surface area contributed by atoms with E-state index in [-0.39, 0.29) is 29.8 Å². The second-order valence-corrected chi connectivity index (χ2v) is 0. The van der Waals surface area contributed by atoms with Gasteiger partial charge in [-0.1, -0.05) is 0 Å². The van der Waals surface area contributed by atoms with Crippen LogP contribution >= 0.6 is 0 Å². The predicted octanol–water partition coefficient (Wildman–Crippen LogP) is 0.326. The minimum atomic E-state index is 0. The topological polar surface area (TPSA) is 17.1 Å². The van der Waals surface area contributed by atoms with Gasteiger partial charge in [-0.15, -0.1) is 0 Å². The Morgan fingerprint density at radius 1 is 1.25 bits per heavy atom. The van der Waals surface area contributed by atoms with Gasteiger partial charge in [-0.25, -0.2) is 0 Å². The van der Waals surface area contributed by atoms with Gasteiger partial charge < -0.3 is 7.43 Å². The van der Waals surface area contributed by atoms with Crippen molar-refractivity contribution in [1.29, 1.82) is 0 Å². The summed E-state index contributed by atoms with van der Waals surface area (Å²) >= 11 is 1.50. The summed E-state index contributed by atoms with van der Waals surface area (Å²) in [4.78, 5) is 0. The molecule has 0 heterocycles. The van der Waals surface area contributed by atoms with E-state index in [0.717, 1.165) is 0 Å². The molecule has 4 heavy (non-hydrogen) atoms. The molecule has 34 valence electrons. The van der Waals surface area contributed by atoms with Gasteiger partial charge >= 0.3 is 45.0 Å². The van der Waals surface area contributed by atoms with Gasteiger partial charge in [0.1, 0.15) is 0 Å². The Morgan fingerprint density at radius 3 is 1.25 bits per heavy atom. The van der Waals surface area contributed by atoms with Gasteiger partial charge in [0, 0.05) is 0 Å². The fourth-order valence-electron chi connectivity index (χ4n) is 0. The van der Waals surface area contributed by atoms with Crippen molar-refractivity contribution in [3.63, 3.8) is 0 Å². The Labute approximate surface area is 52.4 Å². The average Bonchev–Trinajstić information content (AvgIpc) is 1.00. The zero-order valence-electron chi connectivity index (χ0n) is 2.03. The summed E-state index contributed by atoms with van der Waals surface area (Å²) in [7, 11) is 0. The van der Waals surface area contributed by atoms with Crippen LogP contribution < -0.4 is 0 Å². The minimum absolute atomic E-state index is 0. The van der Waals surface area contributed by atoms with E-state index >= 15 is 0 Å². The first kappa shape index (κ1) is 18.9. The van der Waals surface area contributed by atoms with Crippen LogP contribution in [0.15, 0.2) is 0 Å². The Kier molecular flexibility index (Phi) is 141. The third-order valence-corrected chi connectivity index (χ3v) is 0. The van der Waals surface area contributed by atoms with Crippen LogP contribution in [0.2, 0.25) is 0 Å². The van der Waals surface area contributed by atoms with E-state index in [1.165, 1.54) is 19.2 Å². The fraction of sp³-hybridized carbons (Fsp3) is 0. The Hall–Kier alpha value is 1.20. The molecule has 0 saturated heterocycles. The standard InChI is InChI=1S/CH3.Au.O.Pd/h1H3;;;/q-1;+1;;. The molecule has 0 aliphatic carbocycles. The quantitative estimate of drug-likeness (QED) is 0.461. The third kappa shape index (κ3) is 10.7. The molecular weight excluding hydrogens is 331 g/mol. The Bertz CT molecular complexity index is 8.00. The summed E-state index contributed by atoms with van der Waals surface area (Å²) in [6.07, 6.45) is 0. The molecule has 0 atom stereocenters. The van der Waals surface area contributed by atoms with Crippen molar-refractivity contribution in [2.45, 2.75) is 0 Å². The van der Waals surface area contributed by atoms with Gasteiger partial charge in [0.25, 0.3) is 0 Å². The molecule has 0 rings (SSSR count). The molecule has 0 amide bonds. The molecule has 0 fully saturated rings. The van der Waals surface area contributed by atoms with Crippen molar-refractivity contribution in [3.05, 3.63) is 7.43 Å². The van der Waals surface area contributed by atoms with Crippen LogP contribution in [-0.2, 0) is 45.0 Å². The van der Waals surface area contributed by atoms with Crippen molar-refractivity contribution in [2.75, 3.05) is 0 Å². The Balaban J connectivity index is -0.00000000500. The van der Waals surface area contributed by atoms with Crippen LogP contribution in [0.1, 0.15) is 0 Å². The van der Waals surface area contributed by atoms with E-state index in [1.54, 1.807) is 0 Å². The van der Waals surface area contributed by atoms with E-state index in [0.29, 0.717) is 0 Å². The molecule has 0 aromatic carbocycles. The molecule has 0 aromatic heterocycles. The SMILES string of the molecule is [Au+].[CH3-].[O]=[Pd]. The van der Waals surface area contributed by atoms with E-state index in [1.807, 2.05) is 0 Å². The molecule has 0 radical (unpaired) electrons. The second kappa shape index (κ2) is 29.8. The second-order valence-electron chi connectivity index (χ2n) is 0. The average molecular weight is 334 g/mol. The Morgan fingerprint density at radius 2 is 1.25 bits per heavy atom. The van der Waals surface area contributed by atoms with E-state index in [9.17, 15) is 0 Å². The van der Waals surface area contributed by atoms with Crippen LogP contribution in [0, 0.1) is 7.43 Å². The predicted molar refractivity (Wildman–Crippen MR) is 7.10 cm³/mol. The van der Waals surface area contributed by atoms with Crippen molar-refractivity contribution in [2.24, 2.45) is 0 Å². The molecule has 0 unspecified atom stereocenters. The van der Waals surface area contributed by atoms with Gasteiger partial charge in [-0.05, 0) is 0 Å². The maximum atomic E-state index is 8.10. The van der Waals surface area contributed by atoms with Gasteiger partial charge in [-0.3, -0.25) is 0 Å². The molecular formula is CH3AuOPd. The molecule has 3 heteroatoms. The summed E-state index contributed by atoms with van der Waals surface area (Å²) in [5.74, 6) is 0. The van der Waals surface area contributed by atoms with Gasteiger partial charge in [0.2, 0.25) is 0 Å².